The van der Waals surface area contributed by atoms with Gasteiger partial charge in [-0.3, -0.25) is 9.59 Å². The van der Waals surface area contributed by atoms with Gasteiger partial charge in [-0.05, 0) is 30.5 Å². The highest BCUT2D eigenvalue weighted by molar-refractivity contribution is 6.12. The Morgan fingerprint density at radius 3 is 2.54 bits per heavy atom. The summed E-state index contributed by atoms with van der Waals surface area (Å²) in [6.07, 6.45) is 0.457. The maximum atomic E-state index is 12.4. The number of nitrogens with zero attached hydrogens (tertiary/aromatic N) is 1. The molecule has 0 saturated carbocycles. The van der Waals surface area contributed by atoms with E-state index in [9.17, 15) is 9.59 Å². The van der Waals surface area contributed by atoms with Crippen LogP contribution < -0.4 is 16.0 Å². The Balaban J connectivity index is 2.36. The number of hydrogen-bond acceptors (Lipinski definition) is 3. The first-order valence-corrected chi connectivity index (χ1v) is 8.10. The number of nitrogen functional groups attached to an aromatic ring is 1. The molecule has 2 rings (SSSR count). The van der Waals surface area contributed by atoms with Crippen LogP contribution in [0.3, 0.4) is 0 Å². The van der Waals surface area contributed by atoms with E-state index >= 15 is 0 Å². The lowest BCUT2D eigenvalue weighted by Crippen LogP contribution is -2.29. The number of amides is 2. The quantitative estimate of drug-likeness (QED) is 0.805. The molecule has 0 atom stereocenters. The molecule has 2 amide bonds. The Bertz CT molecular complexity index is 771. The van der Waals surface area contributed by atoms with Crippen LogP contribution in [-0.2, 0) is 4.79 Å². The smallest absolute Gasteiger partial charge is 0.255 e. The number of anilines is 2. The van der Waals surface area contributed by atoms with Crippen LogP contribution in [0.2, 0.25) is 0 Å². The monoisotopic (exact) mass is 330 g/mol. The molecule has 6 heteroatoms. The number of nitrogens with one attached hydrogen (secondary N) is 2. The van der Waals surface area contributed by atoms with Gasteiger partial charge in [-0.15, -0.1) is 0 Å². The zero-order valence-corrected chi connectivity index (χ0v) is 15.0. The summed E-state index contributed by atoms with van der Waals surface area (Å²) < 4.78 is 0. The number of hydrogen-bond donors (Lipinski definition) is 3. The number of H-pyrrole nitrogens is 1. The predicted molar refractivity (Wildman–Crippen MR) is 98.2 cm³/mol. The molecule has 2 aromatic rings. The molecule has 0 aliphatic rings. The Hall–Kier alpha value is -2.50. The molecule has 1 heterocycles. The molecule has 24 heavy (non-hydrogen) atoms. The fraction of sp³-hybridized carbons (Fsp3) is 0.444. The van der Waals surface area contributed by atoms with Crippen molar-refractivity contribution >= 4 is 34.2 Å². The van der Waals surface area contributed by atoms with Gasteiger partial charge in [0.1, 0.15) is 5.82 Å². The van der Waals surface area contributed by atoms with E-state index in [1.807, 2.05) is 45.9 Å². The molecule has 0 spiro atoms. The van der Waals surface area contributed by atoms with Gasteiger partial charge in [0.25, 0.3) is 5.91 Å². The molecule has 0 radical (unpaired) electrons. The summed E-state index contributed by atoms with van der Waals surface area (Å²) in [5.41, 5.74) is 7.83. The molecule has 1 aromatic heterocycles. The van der Waals surface area contributed by atoms with E-state index in [1.54, 1.807) is 11.9 Å². The molecule has 0 fully saturated rings. The molecule has 4 N–H and O–H groups in total. The first-order valence-electron chi connectivity index (χ1n) is 8.10. The highest BCUT2D eigenvalue weighted by Gasteiger charge is 2.21. The zero-order valence-electron chi connectivity index (χ0n) is 15.0. The number of rotatable bonds is 4. The first kappa shape index (κ1) is 17.8. The van der Waals surface area contributed by atoms with Crippen LogP contribution in [-0.4, -0.2) is 30.4 Å². The van der Waals surface area contributed by atoms with Gasteiger partial charge in [-0.2, -0.15) is 0 Å². The third-order valence-corrected chi connectivity index (χ3v) is 3.82. The van der Waals surface area contributed by atoms with Crippen LogP contribution in [0.5, 0.6) is 0 Å². The first-order chi connectivity index (χ1) is 11.1. The average molecular weight is 330 g/mol. The summed E-state index contributed by atoms with van der Waals surface area (Å²) in [4.78, 5) is 29.2. The van der Waals surface area contributed by atoms with Gasteiger partial charge >= 0.3 is 0 Å². The summed E-state index contributed by atoms with van der Waals surface area (Å²) in [5.74, 6) is 0.174. The van der Waals surface area contributed by atoms with Crippen molar-refractivity contribution in [2.45, 2.75) is 34.1 Å². The van der Waals surface area contributed by atoms with Gasteiger partial charge in [-0.25, -0.2) is 0 Å². The van der Waals surface area contributed by atoms with E-state index in [0.717, 1.165) is 16.6 Å². The second kappa shape index (κ2) is 6.55. The minimum Gasteiger partial charge on any atom is -0.385 e. The van der Waals surface area contributed by atoms with Crippen molar-refractivity contribution in [1.29, 1.82) is 0 Å². The van der Waals surface area contributed by atoms with E-state index in [0.29, 0.717) is 24.3 Å². The summed E-state index contributed by atoms with van der Waals surface area (Å²) in [5, 5.41) is 3.51. The average Bonchev–Trinajstić information content (AvgIpc) is 2.79. The van der Waals surface area contributed by atoms with Crippen molar-refractivity contribution in [1.82, 2.24) is 10.3 Å². The summed E-state index contributed by atoms with van der Waals surface area (Å²) in [7, 11) is 1.76. The van der Waals surface area contributed by atoms with Crippen molar-refractivity contribution in [2.24, 2.45) is 5.41 Å². The van der Waals surface area contributed by atoms with E-state index < -0.39 is 0 Å². The number of nitrogens with two attached hydrogens (primary N) is 1. The Morgan fingerprint density at radius 2 is 1.96 bits per heavy atom. The van der Waals surface area contributed by atoms with Crippen molar-refractivity contribution in [3.63, 3.8) is 0 Å². The van der Waals surface area contributed by atoms with Gasteiger partial charge < -0.3 is 20.9 Å². The van der Waals surface area contributed by atoms with Gasteiger partial charge in [-0.1, -0.05) is 20.8 Å². The van der Waals surface area contributed by atoms with E-state index in [4.69, 9.17) is 5.73 Å². The van der Waals surface area contributed by atoms with Crippen molar-refractivity contribution in [3.8, 4) is 0 Å². The second-order valence-electron chi connectivity index (χ2n) is 7.19. The number of carbonyl (C=O) groups is 2. The Morgan fingerprint density at radius 1 is 1.29 bits per heavy atom. The summed E-state index contributed by atoms with van der Waals surface area (Å²) in [6.45, 7) is 8.49. The van der Waals surface area contributed by atoms with Crippen molar-refractivity contribution in [3.05, 3.63) is 23.8 Å². The number of aromatic nitrogens is 1. The van der Waals surface area contributed by atoms with Crippen LogP contribution in [0.1, 0.15) is 44.5 Å². The standard InChI is InChI=1S/C18H26N4O2/c1-6-20-17(24)15-12-8-7-11(9-13(12)21-16(15)19)22(5)14(23)10-18(2,3)4/h7-9,21H,6,10,19H2,1-5H3,(H,20,24). The lowest BCUT2D eigenvalue weighted by Gasteiger charge is -2.23. The Kier molecular flexibility index (Phi) is 4.87. The molecule has 1 aromatic carbocycles. The fourth-order valence-electron chi connectivity index (χ4n) is 2.62. The number of carbonyl (C=O) groups excluding carboxylic acids is 2. The topological polar surface area (TPSA) is 91.2 Å². The molecule has 0 saturated heterocycles. The fourth-order valence-corrected chi connectivity index (χ4v) is 2.62. The predicted octanol–water partition coefficient (Wildman–Crippen LogP) is 2.90. The van der Waals surface area contributed by atoms with Crippen LogP contribution in [0.25, 0.3) is 10.9 Å². The molecule has 0 aliphatic carbocycles. The van der Waals surface area contributed by atoms with Crippen molar-refractivity contribution < 1.29 is 9.59 Å². The molecule has 0 aliphatic heterocycles. The summed E-state index contributed by atoms with van der Waals surface area (Å²) in [6, 6.07) is 5.50. The van der Waals surface area contributed by atoms with E-state index in [-0.39, 0.29) is 17.2 Å². The highest BCUT2D eigenvalue weighted by atomic mass is 16.2. The minimum absolute atomic E-state index is 0.0466. The van der Waals surface area contributed by atoms with Crippen LogP contribution in [0.15, 0.2) is 18.2 Å². The van der Waals surface area contributed by atoms with E-state index in [1.165, 1.54) is 0 Å². The lowest BCUT2D eigenvalue weighted by atomic mass is 9.91. The normalized spacial score (nSPS) is 11.5. The molecule has 6 nitrogen and oxygen atoms in total. The zero-order chi connectivity index (χ0) is 18.1. The van der Waals surface area contributed by atoms with Gasteiger partial charge in [0.15, 0.2) is 0 Å². The summed E-state index contributed by atoms with van der Waals surface area (Å²) >= 11 is 0. The largest absolute Gasteiger partial charge is 0.385 e. The number of benzene rings is 1. The highest BCUT2D eigenvalue weighted by Crippen LogP contribution is 2.29. The van der Waals surface area contributed by atoms with E-state index in [2.05, 4.69) is 10.3 Å². The minimum atomic E-state index is -0.203. The second-order valence-corrected chi connectivity index (χ2v) is 7.19. The van der Waals surface area contributed by atoms with Crippen LogP contribution in [0.4, 0.5) is 11.5 Å². The molecule has 0 unspecified atom stereocenters. The van der Waals surface area contributed by atoms with Crippen LogP contribution >= 0.6 is 0 Å². The molecule has 130 valence electrons. The van der Waals surface area contributed by atoms with Gasteiger partial charge in [0.2, 0.25) is 5.91 Å². The third kappa shape index (κ3) is 3.69. The molecular formula is C18H26N4O2. The molecule has 0 bridgehead atoms. The van der Waals surface area contributed by atoms with Gasteiger partial charge in [0.05, 0.1) is 5.56 Å². The number of fused-ring (bicyclic) bond motifs is 1. The maximum absolute atomic E-state index is 12.4. The SMILES string of the molecule is CCNC(=O)c1c(N)[nH]c2cc(N(C)C(=O)CC(C)(C)C)ccc12. The van der Waals surface area contributed by atoms with Crippen molar-refractivity contribution in [2.75, 3.05) is 24.2 Å². The Labute approximate surface area is 142 Å². The van der Waals surface area contributed by atoms with Gasteiger partial charge in [0, 0.05) is 36.6 Å². The van der Waals surface area contributed by atoms with Crippen LogP contribution in [0, 0.1) is 5.41 Å². The maximum Gasteiger partial charge on any atom is 0.255 e. The lowest BCUT2D eigenvalue weighted by molar-refractivity contribution is -0.120. The molecular weight excluding hydrogens is 304 g/mol. The number of aromatic amines is 1. The third-order valence-electron chi connectivity index (χ3n) is 3.82.